The molecule has 15 heavy (non-hydrogen) atoms. The molecular weight excluding hydrogens is 186 g/mol. The number of hydrogen-bond acceptors (Lipinski definition) is 3. The van der Waals surface area contributed by atoms with Crippen molar-refractivity contribution in [1.29, 1.82) is 0 Å². The monoisotopic (exact) mass is 213 g/mol. The Kier molecular flexibility index (Phi) is 5.03. The van der Waals surface area contributed by atoms with E-state index in [0.29, 0.717) is 12.0 Å². The van der Waals surface area contributed by atoms with Crippen LogP contribution in [0.15, 0.2) is 0 Å². The highest BCUT2D eigenvalue weighted by atomic mass is 15.1. The van der Waals surface area contributed by atoms with E-state index in [0.717, 1.165) is 12.5 Å². The largest absolute Gasteiger partial charge is 0.328 e. The van der Waals surface area contributed by atoms with Crippen LogP contribution in [0.5, 0.6) is 0 Å². The van der Waals surface area contributed by atoms with Gasteiger partial charge in [-0.15, -0.1) is 0 Å². The first-order valence-corrected chi connectivity index (χ1v) is 6.11. The summed E-state index contributed by atoms with van der Waals surface area (Å²) in [5, 5.41) is 0. The predicted octanol–water partition coefficient (Wildman–Crippen LogP) is 0.853. The number of hydrogen-bond donors (Lipinski definition) is 1. The minimum absolute atomic E-state index is 0.304. The van der Waals surface area contributed by atoms with Crippen molar-refractivity contribution >= 4 is 0 Å². The van der Waals surface area contributed by atoms with Crippen molar-refractivity contribution in [1.82, 2.24) is 9.80 Å². The van der Waals surface area contributed by atoms with Crippen LogP contribution in [0.2, 0.25) is 0 Å². The molecule has 0 radical (unpaired) electrons. The highest BCUT2D eigenvalue weighted by Gasteiger charge is 2.21. The maximum Gasteiger partial charge on any atom is 0.00483 e. The molecule has 3 unspecified atom stereocenters. The Morgan fingerprint density at radius 1 is 1.47 bits per heavy atom. The van der Waals surface area contributed by atoms with Crippen LogP contribution < -0.4 is 5.73 Å². The molecule has 0 aliphatic carbocycles. The summed E-state index contributed by atoms with van der Waals surface area (Å²) >= 11 is 0. The second-order valence-corrected chi connectivity index (χ2v) is 5.47. The van der Waals surface area contributed by atoms with Crippen molar-refractivity contribution in [3.8, 4) is 0 Å². The van der Waals surface area contributed by atoms with Gasteiger partial charge in [0.15, 0.2) is 0 Å². The third-order valence-corrected chi connectivity index (χ3v) is 3.56. The van der Waals surface area contributed by atoms with Crippen molar-refractivity contribution in [2.75, 3.05) is 40.3 Å². The topological polar surface area (TPSA) is 32.5 Å². The molecule has 1 heterocycles. The number of nitrogens with two attached hydrogens (primary N) is 1. The van der Waals surface area contributed by atoms with Crippen molar-refractivity contribution < 1.29 is 0 Å². The van der Waals surface area contributed by atoms with E-state index in [-0.39, 0.29) is 0 Å². The molecule has 1 aliphatic heterocycles. The minimum atomic E-state index is 0.304. The first kappa shape index (κ1) is 12.9. The van der Waals surface area contributed by atoms with E-state index in [1.54, 1.807) is 0 Å². The molecule has 1 fully saturated rings. The quantitative estimate of drug-likeness (QED) is 0.735. The van der Waals surface area contributed by atoms with Crippen molar-refractivity contribution in [3.05, 3.63) is 0 Å². The Labute approximate surface area is 94.6 Å². The summed E-state index contributed by atoms with van der Waals surface area (Å²) in [5.41, 5.74) is 5.88. The SMILES string of the molecule is CC(N)C(C)CN(C)CC1CCN(C)C1. The van der Waals surface area contributed by atoms with Crippen LogP contribution in [0.1, 0.15) is 20.3 Å². The van der Waals surface area contributed by atoms with E-state index < -0.39 is 0 Å². The molecule has 0 saturated carbocycles. The average molecular weight is 213 g/mol. The fraction of sp³-hybridized carbons (Fsp3) is 1.00. The summed E-state index contributed by atoms with van der Waals surface area (Å²) in [4.78, 5) is 4.87. The number of likely N-dealkylation sites (tertiary alicyclic amines) is 1. The van der Waals surface area contributed by atoms with E-state index in [9.17, 15) is 0 Å². The van der Waals surface area contributed by atoms with E-state index in [2.05, 4.69) is 37.7 Å². The molecule has 0 aromatic heterocycles. The van der Waals surface area contributed by atoms with Crippen LogP contribution >= 0.6 is 0 Å². The lowest BCUT2D eigenvalue weighted by Gasteiger charge is -2.26. The molecule has 90 valence electrons. The van der Waals surface area contributed by atoms with Crippen LogP contribution in [0.3, 0.4) is 0 Å². The summed E-state index contributed by atoms with van der Waals surface area (Å²) in [6.07, 6.45) is 1.35. The van der Waals surface area contributed by atoms with Gasteiger partial charge in [-0.1, -0.05) is 6.92 Å². The Morgan fingerprint density at radius 2 is 2.13 bits per heavy atom. The van der Waals surface area contributed by atoms with E-state index in [1.807, 2.05) is 0 Å². The predicted molar refractivity (Wildman–Crippen MR) is 65.9 cm³/mol. The van der Waals surface area contributed by atoms with Crippen LogP contribution in [0, 0.1) is 11.8 Å². The smallest absolute Gasteiger partial charge is 0.00483 e. The molecule has 0 bridgehead atoms. The normalized spacial score (nSPS) is 27.2. The van der Waals surface area contributed by atoms with Gasteiger partial charge in [-0.25, -0.2) is 0 Å². The summed E-state index contributed by atoms with van der Waals surface area (Å²) in [5.74, 6) is 1.45. The van der Waals surface area contributed by atoms with Crippen molar-refractivity contribution in [2.24, 2.45) is 17.6 Å². The van der Waals surface area contributed by atoms with Gasteiger partial charge in [0.05, 0.1) is 0 Å². The van der Waals surface area contributed by atoms with Crippen LogP contribution in [-0.4, -0.2) is 56.1 Å². The van der Waals surface area contributed by atoms with Gasteiger partial charge in [-0.05, 0) is 45.8 Å². The fourth-order valence-electron chi connectivity index (χ4n) is 2.35. The molecule has 0 spiro atoms. The summed E-state index contributed by atoms with van der Waals surface area (Å²) < 4.78 is 0. The van der Waals surface area contributed by atoms with Gasteiger partial charge in [0.25, 0.3) is 0 Å². The Balaban J connectivity index is 2.21. The van der Waals surface area contributed by atoms with E-state index in [1.165, 1.54) is 26.1 Å². The summed E-state index contributed by atoms with van der Waals surface area (Å²) in [6.45, 7) is 9.21. The lowest BCUT2D eigenvalue weighted by Crippen LogP contribution is -2.36. The van der Waals surface area contributed by atoms with Gasteiger partial charge in [0.1, 0.15) is 0 Å². The number of rotatable bonds is 5. The molecule has 1 aliphatic rings. The van der Waals surface area contributed by atoms with Gasteiger partial charge in [-0.3, -0.25) is 0 Å². The van der Waals surface area contributed by atoms with Gasteiger partial charge in [0.2, 0.25) is 0 Å². The zero-order valence-electron chi connectivity index (χ0n) is 10.7. The molecule has 3 atom stereocenters. The molecular formula is C12H27N3. The zero-order chi connectivity index (χ0) is 11.4. The Hall–Kier alpha value is -0.120. The highest BCUT2D eigenvalue weighted by molar-refractivity contribution is 4.76. The lowest BCUT2D eigenvalue weighted by molar-refractivity contribution is 0.232. The van der Waals surface area contributed by atoms with Crippen molar-refractivity contribution in [3.63, 3.8) is 0 Å². The molecule has 1 saturated heterocycles. The van der Waals surface area contributed by atoms with Gasteiger partial charge >= 0.3 is 0 Å². The second-order valence-electron chi connectivity index (χ2n) is 5.47. The first-order chi connectivity index (χ1) is 6.99. The molecule has 0 aromatic carbocycles. The van der Waals surface area contributed by atoms with E-state index >= 15 is 0 Å². The Bertz CT molecular complexity index is 182. The molecule has 0 aromatic rings. The number of nitrogens with zero attached hydrogens (tertiary/aromatic N) is 2. The van der Waals surface area contributed by atoms with E-state index in [4.69, 9.17) is 5.73 Å². The van der Waals surface area contributed by atoms with Crippen LogP contribution in [0.25, 0.3) is 0 Å². The highest BCUT2D eigenvalue weighted by Crippen LogP contribution is 2.15. The van der Waals surface area contributed by atoms with Gasteiger partial charge < -0.3 is 15.5 Å². The van der Waals surface area contributed by atoms with Crippen LogP contribution in [-0.2, 0) is 0 Å². The fourth-order valence-corrected chi connectivity index (χ4v) is 2.35. The Morgan fingerprint density at radius 3 is 2.60 bits per heavy atom. The lowest BCUT2D eigenvalue weighted by atomic mass is 10.0. The average Bonchev–Trinajstić information content (AvgIpc) is 2.50. The molecule has 2 N–H and O–H groups in total. The minimum Gasteiger partial charge on any atom is -0.328 e. The zero-order valence-corrected chi connectivity index (χ0v) is 10.7. The van der Waals surface area contributed by atoms with Crippen molar-refractivity contribution in [2.45, 2.75) is 26.3 Å². The standard InChI is InChI=1S/C12H27N3/c1-10(11(2)13)7-15(4)9-12-5-6-14(3)8-12/h10-12H,5-9,13H2,1-4H3. The third-order valence-electron chi connectivity index (χ3n) is 3.56. The molecule has 0 amide bonds. The summed E-state index contributed by atoms with van der Waals surface area (Å²) in [6, 6.07) is 0.304. The van der Waals surface area contributed by atoms with Gasteiger partial charge in [0, 0.05) is 25.7 Å². The molecule has 3 heteroatoms. The van der Waals surface area contributed by atoms with Gasteiger partial charge in [-0.2, -0.15) is 0 Å². The molecule has 1 rings (SSSR count). The van der Waals surface area contributed by atoms with Crippen LogP contribution in [0.4, 0.5) is 0 Å². The first-order valence-electron chi connectivity index (χ1n) is 6.11. The summed E-state index contributed by atoms with van der Waals surface area (Å²) in [7, 11) is 4.43. The maximum atomic E-state index is 5.88. The third kappa shape index (κ3) is 4.49. The second kappa shape index (κ2) is 5.83. The maximum absolute atomic E-state index is 5.88. The molecule has 3 nitrogen and oxygen atoms in total.